The number of rotatable bonds is 5. The van der Waals surface area contributed by atoms with Gasteiger partial charge in [-0.3, -0.25) is 4.79 Å². The third-order valence-electron chi connectivity index (χ3n) is 3.74. The zero-order valence-corrected chi connectivity index (χ0v) is 16.9. The average molecular weight is 427 g/mol. The Morgan fingerprint density at radius 2 is 1.96 bits per heavy atom. The van der Waals surface area contributed by atoms with E-state index in [9.17, 15) is 13.2 Å². The Hall–Kier alpha value is -1.74. The van der Waals surface area contributed by atoms with Gasteiger partial charge in [0.25, 0.3) is 0 Å². The van der Waals surface area contributed by atoms with E-state index >= 15 is 0 Å². The van der Waals surface area contributed by atoms with Gasteiger partial charge in [0.2, 0.25) is 5.91 Å². The second kappa shape index (κ2) is 7.11. The molecule has 0 fully saturated rings. The number of benzene rings is 1. The average Bonchev–Trinajstić information content (AvgIpc) is 3.21. The highest BCUT2D eigenvalue weighted by Crippen LogP contribution is 2.48. The highest BCUT2D eigenvalue weighted by molar-refractivity contribution is 8.03. The number of hydrogen-bond acceptors (Lipinski definition) is 6. The number of carbonyl (C=O) groups is 1. The molecule has 0 saturated carbocycles. The Morgan fingerprint density at radius 1 is 1.27 bits per heavy atom. The number of nitrogens with one attached hydrogen (secondary N) is 1. The Kier molecular flexibility index (Phi) is 5.21. The highest BCUT2D eigenvalue weighted by atomic mass is 35.5. The van der Waals surface area contributed by atoms with E-state index in [2.05, 4.69) is 11.9 Å². The molecule has 1 unspecified atom stereocenters. The molecule has 0 spiro atoms. The monoisotopic (exact) mass is 426 g/mol. The summed E-state index contributed by atoms with van der Waals surface area (Å²) in [7, 11) is -3.31. The lowest BCUT2D eigenvalue weighted by molar-refractivity contribution is -0.117. The van der Waals surface area contributed by atoms with Gasteiger partial charge in [0.05, 0.1) is 14.2 Å². The van der Waals surface area contributed by atoms with E-state index in [4.69, 9.17) is 11.6 Å². The minimum Gasteiger partial charge on any atom is -0.317 e. The maximum absolute atomic E-state index is 12.1. The normalized spacial score (nSPS) is 19.5. The molecular formula is C17H15ClN2O3S3. The van der Waals surface area contributed by atoms with Crippen molar-refractivity contribution in [2.24, 2.45) is 0 Å². The molecule has 1 amide bonds. The van der Waals surface area contributed by atoms with E-state index in [0.717, 1.165) is 16.8 Å². The van der Waals surface area contributed by atoms with E-state index in [1.54, 1.807) is 18.2 Å². The van der Waals surface area contributed by atoms with Crippen LogP contribution < -0.4 is 10.2 Å². The molecule has 1 aromatic carbocycles. The lowest BCUT2D eigenvalue weighted by Gasteiger charge is -2.38. The summed E-state index contributed by atoms with van der Waals surface area (Å²) in [6, 6.07) is 10.1. The molecule has 136 valence electrons. The fourth-order valence-electron chi connectivity index (χ4n) is 2.53. The maximum atomic E-state index is 12.1. The molecular weight excluding hydrogens is 412 g/mol. The quantitative estimate of drug-likeness (QED) is 0.733. The van der Waals surface area contributed by atoms with Crippen molar-refractivity contribution < 1.29 is 13.2 Å². The third kappa shape index (κ3) is 3.55. The van der Waals surface area contributed by atoms with Gasteiger partial charge in [0.1, 0.15) is 0 Å². The number of halogens is 1. The van der Waals surface area contributed by atoms with Crippen LogP contribution in [0.1, 0.15) is 5.56 Å². The SMILES string of the molecule is C=CC(=O)NC1(c2ccc(S(C)(=O)=O)cc2)SC=CN1c1ccc(Cl)s1. The van der Waals surface area contributed by atoms with Crippen molar-refractivity contribution in [2.45, 2.75) is 9.89 Å². The number of sulfone groups is 1. The van der Waals surface area contributed by atoms with Gasteiger partial charge >= 0.3 is 0 Å². The van der Waals surface area contributed by atoms with Crippen LogP contribution in [0, 0.1) is 0 Å². The second-order valence-corrected chi connectivity index (χ2v) is 10.3. The molecule has 1 atom stereocenters. The fourth-order valence-corrected chi connectivity index (χ4v) is 5.37. The molecule has 26 heavy (non-hydrogen) atoms. The van der Waals surface area contributed by atoms with E-state index in [-0.39, 0.29) is 10.8 Å². The van der Waals surface area contributed by atoms with Gasteiger partial charge in [-0.25, -0.2) is 8.42 Å². The molecule has 9 heteroatoms. The Morgan fingerprint density at radius 3 is 2.50 bits per heavy atom. The number of thioether (sulfide) groups is 1. The smallest absolute Gasteiger partial charge is 0.246 e. The van der Waals surface area contributed by atoms with Crippen molar-refractivity contribution in [1.29, 1.82) is 0 Å². The first-order valence-corrected chi connectivity index (χ1v) is 11.4. The molecule has 1 aliphatic heterocycles. The topological polar surface area (TPSA) is 66.5 Å². The molecule has 0 radical (unpaired) electrons. The van der Waals surface area contributed by atoms with Crippen LogP contribution in [0.4, 0.5) is 5.00 Å². The van der Waals surface area contributed by atoms with Crippen LogP contribution in [0.2, 0.25) is 4.34 Å². The van der Waals surface area contributed by atoms with Gasteiger partial charge in [-0.1, -0.05) is 42.1 Å². The Balaban J connectivity index is 2.10. The highest BCUT2D eigenvalue weighted by Gasteiger charge is 2.43. The van der Waals surface area contributed by atoms with Gasteiger partial charge < -0.3 is 10.2 Å². The zero-order valence-electron chi connectivity index (χ0n) is 13.7. The van der Waals surface area contributed by atoms with Crippen molar-refractivity contribution in [2.75, 3.05) is 11.2 Å². The van der Waals surface area contributed by atoms with Crippen molar-refractivity contribution >= 4 is 55.4 Å². The summed E-state index contributed by atoms with van der Waals surface area (Å²) >= 11 is 8.84. The van der Waals surface area contributed by atoms with E-state index in [1.165, 1.54) is 41.3 Å². The summed E-state index contributed by atoms with van der Waals surface area (Å²) in [6.07, 6.45) is 4.20. The largest absolute Gasteiger partial charge is 0.317 e. The minimum atomic E-state index is -3.31. The van der Waals surface area contributed by atoms with E-state index in [0.29, 0.717) is 4.34 Å². The van der Waals surface area contributed by atoms with Gasteiger partial charge in [0.15, 0.2) is 14.8 Å². The molecule has 2 aromatic rings. The number of amides is 1. The van der Waals surface area contributed by atoms with Crippen molar-refractivity contribution in [3.63, 3.8) is 0 Å². The third-order valence-corrected chi connectivity index (χ3v) is 7.23. The van der Waals surface area contributed by atoms with Crippen molar-refractivity contribution in [3.05, 3.63) is 70.6 Å². The van der Waals surface area contributed by atoms with Crippen LogP contribution in [0.25, 0.3) is 0 Å². The number of thiophene rings is 1. The molecule has 5 nitrogen and oxygen atoms in total. The van der Waals surface area contributed by atoms with Crippen LogP contribution in [0.5, 0.6) is 0 Å². The molecule has 3 rings (SSSR count). The Bertz CT molecular complexity index is 983. The number of carbonyl (C=O) groups excluding carboxylic acids is 1. The molecule has 1 aromatic heterocycles. The number of nitrogens with zero attached hydrogens (tertiary/aromatic N) is 1. The first kappa shape index (κ1) is 19.0. The summed E-state index contributed by atoms with van der Waals surface area (Å²) in [5.74, 6) is -0.346. The summed E-state index contributed by atoms with van der Waals surface area (Å²) in [4.78, 5) is 13.3. The Labute approximate surface area is 165 Å². The van der Waals surface area contributed by atoms with Crippen molar-refractivity contribution in [1.82, 2.24) is 5.32 Å². The lowest BCUT2D eigenvalue weighted by Crippen LogP contribution is -2.51. The van der Waals surface area contributed by atoms with Gasteiger partial charge in [0, 0.05) is 18.0 Å². The van der Waals surface area contributed by atoms with Gasteiger partial charge in [-0.05, 0) is 35.7 Å². The van der Waals surface area contributed by atoms with Crippen LogP contribution in [-0.4, -0.2) is 20.6 Å². The van der Waals surface area contributed by atoms with E-state index in [1.807, 2.05) is 22.6 Å². The number of hydrogen-bond donors (Lipinski definition) is 1. The summed E-state index contributed by atoms with van der Waals surface area (Å²) in [6.45, 7) is 3.52. The van der Waals surface area contributed by atoms with Gasteiger partial charge in [-0.2, -0.15) is 0 Å². The van der Waals surface area contributed by atoms with Crippen molar-refractivity contribution in [3.8, 4) is 0 Å². The van der Waals surface area contributed by atoms with Crippen LogP contribution >= 0.6 is 34.7 Å². The van der Waals surface area contributed by atoms with Crippen LogP contribution in [0.15, 0.2) is 65.6 Å². The zero-order chi connectivity index (χ0) is 18.9. The second-order valence-electron chi connectivity index (χ2n) is 5.48. The molecule has 1 N–H and O–H groups in total. The predicted octanol–water partition coefficient (Wildman–Crippen LogP) is 3.94. The first-order chi connectivity index (χ1) is 12.3. The standard InChI is InChI=1S/C17H15ClN2O3S3/c1-3-15(21)19-17(12-4-6-13(7-5-12)26(2,22)23)20(10-11-24-17)16-9-8-14(18)25-16/h3-11H,1H2,2H3,(H,19,21). The molecule has 0 bridgehead atoms. The molecule has 2 heterocycles. The molecule has 1 aliphatic rings. The van der Waals surface area contributed by atoms with Crippen LogP contribution in [-0.2, 0) is 19.6 Å². The minimum absolute atomic E-state index is 0.216. The number of anilines is 1. The fraction of sp³-hybridized carbons (Fsp3) is 0.118. The predicted molar refractivity (Wildman–Crippen MR) is 108 cm³/mol. The van der Waals surface area contributed by atoms with E-state index < -0.39 is 14.8 Å². The summed E-state index contributed by atoms with van der Waals surface area (Å²) in [5, 5.41) is 5.66. The van der Waals surface area contributed by atoms with Crippen LogP contribution in [0.3, 0.4) is 0 Å². The van der Waals surface area contributed by atoms with Gasteiger partial charge in [-0.15, -0.1) is 11.3 Å². The summed E-state index contributed by atoms with van der Waals surface area (Å²) in [5.41, 5.74) is 0.722. The maximum Gasteiger partial charge on any atom is 0.246 e. The lowest BCUT2D eigenvalue weighted by atomic mass is 10.1. The molecule has 0 saturated heterocycles. The summed E-state index contributed by atoms with van der Waals surface area (Å²) < 4.78 is 24.1. The molecule has 0 aliphatic carbocycles. The first-order valence-electron chi connectivity index (χ1n) is 7.40.